The summed E-state index contributed by atoms with van der Waals surface area (Å²) in [7, 11) is 0. The highest BCUT2D eigenvalue weighted by Crippen LogP contribution is 2.14. The molecule has 0 saturated carbocycles. The quantitative estimate of drug-likeness (QED) is 0.741. The first kappa shape index (κ1) is 15.8. The Morgan fingerprint density at radius 2 is 1.84 bits per heavy atom. The Hall–Kier alpha value is -1.27. The maximum absolute atomic E-state index is 11.8. The third kappa shape index (κ3) is 7.69. The monoisotopic (exact) mass is 277 g/mol. The SMILES string of the molecule is CCOc1ccc(CNCCOCC(F)(F)F)cc1. The van der Waals surface area contributed by atoms with Crippen molar-refractivity contribution >= 4 is 0 Å². The highest BCUT2D eigenvalue weighted by Gasteiger charge is 2.27. The van der Waals surface area contributed by atoms with Gasteiger partial charge in [0.05, 0.1) is 13.2 Å². The highest BCUT2D eigenvalue weighted by molar-refractivity contribution is 5.27. The standard InChI is InChI=1S/C13H18F3NO2/c1-2-19-12-5-3-11(4-6-12)9-17-7-8-18-10-13(14,15)16/h3-6,17H,2,7-10H2,1H3. The van der Waals surface area contributed by atoms with Gasteiger partial charge in [0.15, 0.2) is 0 Å². The Balaban J connectivity index is 2.12. The zero-order chi connectivity index (χ0) is 14.1. The van der Waals surface area contributed by atoms with Gasteiger partial charge in [-0.05, 0) is 24.6 Å². The van der Waals surface area contributed by atoms with Gasteiger partial charge >= 0.3 is 6.18 Å². The van der Waals surface area contributed by atoms with Crippen LogP contribution in [0.4, 0.5) is 13.2 Å². The van der Waals surface area contributed by atoms with E-state index in [1.807, 2.05) is 31.2 Å². The van der Waals surface area contributed by atoms with Gasteiger partial charge in [-0.25, -0.2) is 0 Å². The Morgan fingerprint density at radius 3 is 2.42 bits per heavy atom. The van der Waals surface area contributed by atoms with Crippen LogP contribution in [0.1, 0.15) is 12.5 Å². The molecule has 0 aliphatic heterocycles. The van der Waals surface area contributed by atoms with E-state index in [1.165, 1.54) is 0 Å². The van der Waals surface area contributed by atoms with E-state index in [0.717, 1.165) is 11.3 Å². The lowest BCUT2D eigenvalue weighted by atomic mass is 10.2. The summed E-state index contributed by atoms with van der Waals surface area (Å²) in [6, 6.07) is 7.55. The molecule has 0 fully saturated rings. The number of ether oxygens (including phenoxy) is 2. The first-order valence-corrected chi connectivity index (χ1v) is 6.08. The van der Waals surface area contributed by atoms with Crippen LogP contribution in [0.25, 0.3) is 0 Å². The maximum Gasteiger partial charge on any atom is 0.411 e. The molecule has 0 radical (unpaired) electrons. The summed E-state index contributed by atoms with van der Waals surface area (Å²) in [5.74, 6) is 0.805. The third-order valence-electron chi connectivity index (χ3n) is 2.25. The number of hydrogen-bond acceptors (Lipinski definition) is 3. The van der Waals surface area contributed by atoms with Gasteiger partial charge in [0.2, 0.25) is 0 Å². The van der Waals surface area contributed by atoms with Gasteiger partial charge in [-0.3, -0.25) is 0 Å². The van der Waals surface area contributed by atoms with E-state index >= 15 is 0 Å². The van der Waals surface area contributed by atoms with Crippen molar-refractivity contribution in [3.63, 3.8) is 0 Å². The van der Waals surface area contributed by atoms with Crippen LogP contribution in [-0.2, 0) is 11.3 Å². The van der Waals surface area contributed by atoms with Gasteiger partial charge in [-0.1, -0.05) is 12.1 Å². The zero-order valence-electron chi connectivity index (χ0n) is 10.8. The molecule has 1 aromatic rings. The van der Waals surface area contributed by atoms with Crippen LogP contribution >= 0.6 is 0 Å². The molecule has 6 heteroatoms. The summed E-state index contributed by atoms with van der Waals surface area (Å²) in [6.07, 6.45) is -4.25. The summed E-state index contributed by atoms with van der Waals surface area (Å²) in [6.45, 7) is 2.34. The molecule has 19 heavy (non-hydrogen) atoms. The van der Waals surface area contributed by atoms with Gasteiger partial charge < -0.3 is 14.8 Å². The van der Waals surface area contributed by atoms with E-state index in [1.54, 1.807) is 0 Å². The van der Waals surface area contributed by atoms with Crippen molar-refractivity contribution < 1.29 is 22.6 Å². The Kier molecular flexibility index (Phi) is 6.66. The molecule has 1 rings (SSSR count). The Morgan fingerprint density at radius 1 is 1.16 bits per heavy atom. The molecular formula is C13H18F3NO2. The molecule has 0 spiro atoms. The van der Waals surface area contributed by atoms with Gasteiger partial charge in [0, 0.05) is 13.1 Å². The van der Waals surface area contributed by atoms with Crippen LogP contribution in [0, 0.1) is 0 Å². The molecule has 0 atom stereocenters. The lowest BCUT2D eigenvalue weighted by molar-refractivity contribution is -0.173. The predicted molar refractivity (Wildman–Crippen MR) is 66.2 cm³/mol. The third-order valence-corrected chi connectivity index (χ3v) is 2.25. The van der Waals surface area contributed by atoms with Gasteiger partial charge in [-0.2, -0.15) is 13.2 Å². The molecular weight excluding hydrogens is 259 g/mol. The molecule has 108 valence electrons. The smallest absolute Gasteiger partial charge is 0.411 e. The van der Waals surface area contributed by atoms with Gasteiger partial charge in [0.1, 0.15) is 12.4 Å². The summed E-state index contributed by atoms with van der Waals surface area (Å²) in [5.41, 5.74) is 1.04. The minimum absolute atomic E-state index is 0.0382. The largest absolute Gasteiger partial charge is 0.494 e. The van der Waals surface area contributed by atoms with Crippen LogP contribution in [0.5, 0.6) is 5.75 Å². The summed E-state index contributed by atoms with van der Waals surface area (Å²) < 4.78 is 45.1. The molecule has 0 heterocycles. The molecule has 3 nitrogen and oxygen atoms in total. The fraction of sp³-hybridized carbons (Fsp3) is 0.538. The lowest BCUT2D eigenvalue weighted by Gasteiger charge is -2.09. The zero-order valence-corrected chi connectivity index (χ0v) is 10.8. The van der Waals surface area contributed by atoms with Crippen LogP contribution in [0.15, 0.2) is 24.3 Å². The topological polar surface area (TPSA) is 30.5 Å². The molecule has 0 aromatic heterocycles. The number of alkyl halides is 3. The van der Waals surface area contributed by atoms with E-state index < -0.39 is 12.8 Å². The van der Waals surface area contributed by atoms with Crippen molar-refractivity contribution in [3.05, 3.63) is 29.8 Å². The molecule has 1 N–H and O–H groups in total. The van der Waals surface area contributed by atoms with Crippen molar-refractivity contribution in [1.29, 1.82) is 0 Å². The normalized spacial score (nSPS) is 11.6. The second-order valence-corrected chi connectivity index (χ2v) is 3.92. The Bertz CT molecular complexity index is 352. The number of benzene rings is 1. The maximum atomic E-state index is 11.8. The average Bonchev–Trinajstić information content (AvgIpc) is 2.35. The van der Waals surface area contributed by atoms with Crippen LogP contribution < -0.4 is 10.1 Å². The first-order chi connectivity index (χ1) is 9.01. The minimum Gasteiger partial charge on any atom is -0.494 e. The molecule has 1 aromatic carbocycles. The van der Waals surface area contributed by atoms with Crippen molar-refractivity contribution in [2.45, 2.75) is 19.6 Å². The highest BCUT2D eigenvalue weighted by atomic mass is 19.4. The van der Waals surface area contributed by atoms with Crippen molar-refractivity contribution in [1.82, 2.24) is 5.32 Å². The second kappa shape index (κ2) is 8.01. The van der Waals surface area contributed by atoms with E-state index in [9.17, 15) is 13.2 Å². The van der Waals surface area contributed by atoms with E-state index in [0.29, 0.717) is 19.7 Å². The molecule has 0 amide bonds. The fourth-order valence-corrected chi connectivity index (χ4v) is 1.44. The van der Waals surface area contributed by atoms with Crippen molar-refractivity contribution in [2.75, 3.05) is 26.4 Å². The predicted octanol–water partition coefficient (Wildman–Crippen LogP) is 2.75. The second-order valence-electron chi connectivity index (χ2n) is 3.92. The number of rotatable bonds is 8. The molecule has 0 aliphatic rings. The summed E-state index contributed by atoms with van der Waals surface area (Å²) in [5, 5.41) is 3.01. The lowest BCUT2D eigenvalue weighted by Crippen LogP contribution is -2.23. The fourth-order valence-electron chi connectivity index (χ4n) is 1.44. The molecule has 0 saturated heterocycles. The van der Waals surface area contributed by atoms with Crippen LogP contribution in [0.2, 0.25) is 0 Å². The Labute approximate surface area is 110 Å². The van der Waals surface area contributed by atoms with E-state index in [-0.39, 0.29) is 6.61 Å². The number of hydrogen-bond donors (Lipinski definition) is 1. The van der Waals surface area contributed by atoms with E-state index in [4.69, 9.17) is 4.74 Å². The number of nitrogens with one attached hydrogen (secondary N) is 1. The van der Waals surface area contributed by atoms with Crippen molar-refractivity contribution in [3.8, 4) is 5.75 Å². The summed E-state index contributed by atoms with van der Waals surface area (Å²) >= 11 is 0. The van der Waals surface area contributed by atoms with E-state index in [2.05, 4.69) is 10.1 Å². The van der Waals surface area contributed by atoms with Crippen molar-refractivity contribution in [2.24, 2.45) is 0 Å². The number of halogens is 3. The molecule has 0 unspecified atom stereocenters. The van der Waals surface area contributed by atoms with Crippen LogP contribution in [0.3, 0.4) is 0 Å². The first-order valence-electron chi connectivity index (χ1n) is 6.08. The average molecular weight is 277 g/mol. The molecule has 0 aliphatic carbocycles. The van der Waals surface area contributed by atoms with Gasteiger partial charge in [0.25, 0.3) is 0 Å². The van der Waals surface area contributed by atoms with Gasteiger partial charge in [-0.15, -0.1) is 0 Å². The van der Waals surface area contributed by atoms with Crippen LogP contribution in [-0.4, -0.2) is 32.5 Å². The minimum atomic E-state index is -4.25. The molecule has 0 bridgehead atoms. The summed E-state index contributed by atoms with van der Waals surface area (Å²) in [4.78, 5) is 0.